The zero-order valence-corrected chi connectivity index (χ0v) is 24.8. The lowest BCUT2D eigenvalue weighted by molar-refractivity contribution is -0.159. The van der Waals surface area contributed by atoms with Crippen LogP contribution in [0.4, 0.5) is 11.5 Å². The number of aliphatic hydroxyl groups is 2. The van der Waals surface area contributed by atoms with Gasteiger partial charge in [-0.2, -0.15) is 0 Å². The fourth-order valence-electron chi connectivity index (χ4n) is 4.78. The molecule has 3 unspecified atom stereocenters. The second-order valence-electron chi connectivity index (χ2n) is 10.4. The summed E-state index contributed by atoms with van der Waals surface area (Å²) >= 11 is 6.47. The van der Waals surface area contributed by atoms with E-state index in [4.69, 9.17) is 25.8 Å². The molecule has 0 saturated carbocycles. The molecule has 45 heavy (non-hydrogen) atoms. The minimum absolute atomic E-state index is 0.107. The van der Waals surface area contributed by atoms with Gasteiger partial charge in [0, 0.05) is 30.2 Å². The number of anilines is 2. The maximum absolute atomic E-state index is 12.6. The second-order valence-corrected chi connectivity index (χ2v) is 10.8. The number of carbonyl (C=O) groups excluding carboxylic acids is 1. The molecule has 0 radical (unpaired) electrons. The van der Waals surface area contributed by atoms with Crippen LogP contribution in [-0.4, -0.2) is 91.7 Å². The minimum atomic E-state index is -1.19. The highest BCUT2D eigenvalue weighted by molar-refractivity contribution is 6.32. The van der Waals surface area contributed by atoms with E-state index in [1.807, 2.05) is 18.2 Å². The van der Waals surface area contributed by atoms with Crippen LogP contribution in [0.2, 0.25) is 5.02 Å². The topological polar surface area (TPSA) is 176 Å². The van der Waals surface area contributed by atoms with Gasteiger partial charge in [0.15, 0.2) is 6.04 Å². The number of carbonyl (C=O) groups is 2. The van der Waals surface area contributed by atoms with E-state index in [1.165, 1.54) is 11.2 Å². The Balaban J connectivity index is 1.16. The highest BCUT2D eigenvalue weighted by atomic mass is 35.5. The third-order valence-corrected chi connectivity index (χ3v) is 7.33. The Kier molecular flexibility index (Phi) is 10.6. The molecule has 1 fully saturated rings. The second kappa shape index (κ2) is 14.9. The van der Waals surface area contributed by atoms with E-state index >= 15 is 0 Å². The van der Waals surface area contributed by atoms with Gasteiger partial charge in [-0.3, -0.25) is 9.78 Å². The summed E-state index contributed by atoms with van der Waals surface area (Å²) in [5.74, 6) is -0.253. The normalized spacial score (nSPS) is 16.2. The smallest absolute Gasteiger partial charge is 0.328 e. The molecule has 14 heteroatoms. The molecule has 4 N–H and O–H groups in total. The summed E-state index contributed by atoms with van der Waals surface area (Å²) in [4.78, 5) is 38.1. The van der Waals surface area contributed by atoms with Gasteiger partial charge in [-0.15, -0.1) is 0 Å². The maximum Gasteiger partial charge on any atom is 0.328 e. The largest absolute Gasteiger partial charge is 0.491 e. The number of aliphatic carboxylic acids is 1. The summed E-state index contributed by atoms with van der Waals surface area (Å²) in [6.07, 6.45) is 0.380. The van der Waals surface area contributed by atoms with Crippen molar-refractivity contribution in [3.63, 3.8) is 0 Å². The third-order valence-electron chi connectivity index (χ3n) is 7.03. The molecule has 2 aromatic carbocycles. The van der Waals surface area contributed by atoms with Crippen LogP contribution in [0.5, 0.6) is 11.5 Å². The first-order valence-electron chi connectivity index (χ1n) is 14.2. The molecule has 3 heterocycles. The number of nitrogens with zero attached hydrogens (tertiary/aromatic N) is 4. The van der Waals surface area contributed by atoms with E-state index in [0.717, 1.165) is 5.69 Å². The van der Waals surface area contributed by atoms with E-state index in [-0.39, 0.29) is 45.8 Å². The summed E-state index contributed by atoms with van der Waals surface area (Å²) in [5, 5.41) is 34.5. The number of halogens is 1. The summed E-state index contributed by atoms with van der Waals surface area (Å²) < 4.78 is 16.7. The van der Waals surface area contributed by atoms with Crippen molar-refractivity contribution in [1.29, 1.82) is 0 Å². The number of amides is 1. The maximum atomic E-state index is 12.6. The van der Waals surface area contributed by atoms with E-state index in [9.17, 15) is 24.9 Å². The Morgan fingerprint density at radius 1 is 1.07 bits per heavy atom. The van der Waals surface area contributed by atoms with Crippen molar-refractivity contribution >= 4 is 45.9 Å². The van der Waals surface area contributed by atoms with E-state index in [2.05, 4.69) is 20.3 Å². The van der Waals surface area contributed by atoms with Crippen LogP contribution in [0.25, 0.3) is 10.9 Å². The highest BCUT2D eigenvalue weighted by Gasteiger charge is 2.33. The van der Waals surface area contributed by atoms with Crippen LogP contribution in [0, 0.1) is 0 Å². The molecule has 1 saturated heterocycles. The summed E-state index contributed by atoms with van der Waals surface area (Å²) in [5.41, 5.74) is 2.10. The van der Waals surface area contributed by atoms with Crippen LogP contribution in [0.15, 0.2) is 67.1 Å². The molecular weight excluding hydrogens is 606 g/mol. The quantitative estimate of drug-likeness (QED) is 0.169. The molecule has 2 aromatic heterocycles. The molecule has 1 aliphatic heterocycles. The molecule has 1 amide bonds. The van der Waals surface area contributed by atoms with Crippen LogP contribution in [0.3, 0.4) is 0 Å². The first kappa shape index (κ1) is 31.9. The van der Waals surface area contributed by atoms with Gasteiger partial charge >= 0.3 is 5.97 Å². The van der Waals surface area contributed by atoms with Gasteiger partial charge in [-0.05, 0) is 48.5 Å². The number of aliphatic hydroxyl groups excluding tert-OH is 2. The van der Waals surface area contributed by atoms with Crippen molar-refractivity contribution in [3.05, 3.63) is 77.8 Å². The number of carboxylic acid groups (broad SMARTS) is 1. The average Bonchev–Trinajstić information content (AvgIpc) is 3.04. The summed E-state index contributed by atoms with van der Waals surface area (Å²) in [7, 11) is 0. The number of morpholine rings is 1. The number of nitrogens with one attached hydrogen (secondary N) is 1. The van der Waals surface area contributed by atoms with Crippen LogP contribution < -0.4 is 14.8 Å². The van der Waals surface area contributed by atoms with E-state index in [0.29, 0.717) is 38.9 Å². The highest BCUT2D eigenvalue weighted by Crippen LogP contribution is 2.32. The number of carboxylic acids is 1. The van der Waals surface area contributed by atoms with Gasteiger partial charge in [0.2, 0.25) is 5.91 Å². The Labute approximate surface area is 263 Å². The van der Waals surface area contributed by atoms with Gasteiger partial charge < -0.3 is 39.7 Å². The van der Waals surface area contributed by atoms with Gasteiger partial charge in [-0.1, -0.05) is 17.7 Å². The monoisotopic (exact) mass is 637 g/mol. The van der Waals surface area contributed by atoms with Crippen LogP contribution >= 0.6 is 11.6 Å². The predicted octanol–water partition coefficient (Wildman–Crippen LogP) is 3.19. The van der Waals surface area contributed by atoms with Crippen molar-refractivity contribution in [3.8, 4) is 11.5 Å². The molecule has 3 atom stereocenters. The Bertz CT molecular complexity index is 1630. The number of fused-ring (bicyclic) bond motifs is 1. The lowest BCUT2D eigenvalue weighted by Gasteiger charge is -2.33. The van der Waals surface area contributed by atoms with E-state index in [1.54, 1.807) is 42.6 Å². The number of rotatable bonds is 13. The molecule has 0 spiro atoms. The Hall–Kier alpha value is -4.56. The van der Waals surface area contributed by atoms with Crippen molar-refractivity contribution < 1.29 is 39.1 Å². The molecule has 13 nitrogen and oxygen atoms in total. The number of hydrogen-bond acceptors (Lipinski definition) is 11. The average molecular weight is 638 g/mol. The Morgan fingerprint density at radius 3 is 2.71 bits per heavy atom. The first-order valence-corrected chi connectivity index (χ1v) is 14.6. The van der Waals surface area contributed by atoms with E-state index < -0.39 is 30.1 Å². The Morgan fingerprint density at radius 2 is 1.93 bits per heavy atom. The van der Waals surface area contributed by atoms with Gasteiger partial charge in [-0.25, -0.2) is 14.8 Å². The number of aromatic nitrogens is 3. The van der Waals surface area contributed by atoms with Gasteiger partial charge in [0.1, 0.15) is 36.9 Å². The van der Waals surface area contributed by atoms with Crippen LogP contribution in [-0.2, 0) is 20.9 Å². The lowest BCUT2D eigenvalue weighted by atomic mass is 10.1. The van der Waals surface area contributed by atoms with Crippen LogP contribution in [0.1, 0.15) is 18.5 Å². The van der Waals surface area contributed by atoms with Crippen molar-refractivity contribution in [2.45, 2.75) is 37.7 Å². The SMILES string of the molecule is O=C(O)C1COCCN1C(=O)CC(O)CC(O)COc1ccc2ncnc(Nc3ccc(OCc4ccccn4)c(Cl)c3)c2c1. The molecule has 5 rings (SSSR count). The molecule has 0 aliphatic carbocycles. The first-order chi connectivity index (χ1) is 21.8. The molecule has 0 bridgehead atoms. The van der Waals surface area contributed by atoms with Crippen molar-refractivity contribution in [2.75, 3.05) is 31.7 Å². The minimum Gasteiger partial charge on any atom is -0.491 e. The predicted molar refractivity (Wildman–Crippen MR) is 164 cm³/mol. The summed E-state index contributed by atoms with van der Waals surface area (Å²) in [6, 6.07) is 14.9. The zero-order chi connectivity index (χ0) is 31.8. The number of ether oxygens (including phenoxy) is 3. The fourth-order valence-corrected chi connectivity index (χ4v) is 5.01. The number of benzene rings is 2. The lowest BCUT2D eigenvalue weighted by Crippen LogP contribution is -2.53. The fraction of sp³-hybridized carbons (Fsp3) is 0.323. The zero-order valence-electron chi connectivity index (χ0n) is 24.1. The molecule has 236 valence electrons. The molecular formula is C31H32ClN5O8. The summed E-state index contributed by atoms with van der Waals surface area (Å²) in [6.45, 7) is 0.358. The third kappa shape index (κ3) is 8.54. The molecule has 4 aromatic rings. The van der Waals surface area contributed by atoms with Crippen molar-refractivity contribution in [2.24, 2.45) is 0 Å². The van der Waals surface area contributed by atoms with Crippen molar-refractivity contribution in [1.82, 2.24) is 19.9 Å². The van der Waals surface area contributed by atoms with Gasteiger partial charge in [0.25, 0.3) is 0 Å². The number of pyridine rings is 1. The standard InChI is InChI=1S/C31H32ClN5O8/c32-25-11-19(4-7-28(25)45-15-20-3-1-2-8-33-20)36-30-24-14-23(5-6-26(24)34-18-35-30)44-16-22(39)12-21(38)13-29(40)37-9-10-43-17-27(37)31(41)42/h1-8,11,14,18,21-22,27,38-39H,9-10,12-13,15-17H2,(H,41,42)(H,34,35,36). The van der Waals surface area contributed by atoms with Gasteiger partial charge in [0.05, 0.1) is 48.1 Å². The molecule has 1 aliphatic rings. The number of hydrogen-bond donors (Lipinski definition) is 4.